The summed E-state index contributed by atoms with van der Waals surface area (Å²) >= 11 is 0. The van der Waals surface area contributed by atoms with E-state index in [9.17, 15) is 0 Å². The van der Waals surface area contributed by atoms with Gasteiger partial charge in [0.2, 0.25) is 0 Å². The molecule has 1 heterocycles. The predicted molar refractivity (Wildman–Crippen MR) is 192 cm³/mol. The molecule has 7 atom stereocenters. The van der Waals surface area contributed by atoms with E-state index in [2.05, 4.69) is 55.5 Å². The van der Waals surface area contributed by atoms with Gasteiger partial charge in [-0.3, -0.25) is 0 Å². The van der Waals surface area contributed by atoms with Crippen LogP contribution in [-0.2, 0) is 54.8 Å². The van der Waals surface area contributed by atoms with Gasteiger partial charge in [0.15, 0.2) is 0 Å². The molecule has 0 radical (unpaired) electrons. The van der Waals surface area contributed by atoms with Crippen molar-refractivity contribution in [3.63, 3.8) is 0 Å². The second kappa shape index (κ2) is 18.0. The molecule has 49 heavy (non-hydrogen) atoms. The summed E-state index contributed by atoms with van der Waals surface area (Å²) < 4.78 is 40.8. The van der Waals surface area contributed by atoms with Gasteiger partial charge in [0.05, 0.1) is 39.1 Å². The maximum absolute atomic E-state index is 7.30. The molecular weight excluding hydrogens is 612 g/mol. The maximum atomic E-state index is 7.30. The zero-order valence-electron chi connectivity index (χ0n) is 29.0. The highest BCUT2D eigenvalue weighted by atomic mass is 16.6. The molecule has 1 aliphatic heterocycles. The second-order valence-electron chi connectivity index (χ2n) is 13.4. The summed E-state index contributed by atoms with van der Waals surface area (Å²) in [7, 11) is 1.80. The quantitative estimate of drug-likeness (QED) is 0.0935. The van der Waals surface area contributed by atoms with Crippen LogP contribution in [0.25, 0.3) is 0 Å². The zero-order valence-corrected chi connectivity index (χ0v) is 29.0. The Morgan fingerprint density at radius 2 is 1.04 bits per heavy atom. The summed E-state index contributed by atoms with van der Waals surface area (Å²) in [5.41, 5.74) is 3.71. The number of ether oxygens (including phenoxy) is 6. The smallest absolute Gasteiger partial charge is 0.129 e. The van der Waals surface area contributed by atoms with E-state index in [0.717, 1.165) is 35.1 Å². The summed E-state index contributed by atoms with van der Waals surface area (Å²) in [6.45, 7) is 4.36. The minimum Gasteiger partial charge on any atom is -0.378 e. The number of hydrogen-bond donors (Lipinski definition) is 0. The summed E-state index contributed by atoms with van der Waals surface area (Å²) in [5.74, 6) is 0.171. The molecule has 2 fully saturated rings. The first-order chi connectivity index (χ1) is 24.2. The highest BCUT2D eigenvalue weighted by Crippen LogP contribution is 2.59. The fourth-order valence-electron chi connectivity index (χ4n) is 7.40. The van der Waals surface area contributed by atoms with Crippen molar-refractivity contribution in [2.45, 2.75) is 102 Å². The molecule has 1 saturated carbocycles. The van der Waals surface area contributed by atoms with E-state index >= 15 is 0 Å². The average Bonchev–Trinajstić information content (AvgIpc) is 3.77. The summed E-state index contributed by atoms with van der Waals surface area (Å²) in [6.07, 6.45) is 3.89. The molecule has 6 nitrogen and oxygen atoms in total. The van der Waals surface area contributed by atoms with Gasteiger partial charge in [0, 0.05) is 13.0 Å². The minimum absolute atomic E-state index is 0.121. The number of rotatable bonds is 19. The van der Waals surface area contributed by atoms with E-state index in [4.69, 9.17) is 28.4 Å². The highest BCUT2D eigenvalue weighted by molar-refractivity contribution is 5.26. The Hall–Kier alpha value is -3.36. The van der Waals surface area contributed by atoms with E-state index in [1.54, 1.807) is 7.11 Å². The lowest BCUT2D eigenvalue weighted by atomic mass is 9.90. The fraction of sp³-hybridized carbons (Fsp3) is 0.442. The van der Waals surface area contributed by atoms with E-state index in [0.29, 0.717) is 33.0 Å². The monoisotopic (exact) mass is 664 g/mol. The van der Waals surface area contributed by atoms with Crippen LogP contribution in [0.5, 0.6) is 0 Å². The lowest BCUT2D eigenvalue weighted by molar-refractivity contribution is -0.291. The van der Waals surface area contributed by atoms with E-state index in [1.165, 1.54) is 19.3 Å². The van der Waals surface area contributed by atoms with Crippen LogP contribution in [0, 0.1) is 5.92 Å². The van der Waals surface area contributed by atoms with Crippen LogP contribution in [0.2, 0.25) is 0 Å². The molecule has 6 rings (SSSR count). The third kappa shape index (κ3) is 9.06. The van der Waals surface area contributed by atoms with Gasteiger partial charge in [-0.05, 0) is 28.7 Å². The zero-order chi connectivity index (χ0) is 33.7. The van der Waals surface area contributed by atoms with Gasteiger partial charge < -0.3 is 28.4 Å². The summed E-state index contributed by atoms with van der Waals surface area (Å²) in [5, 5.41) is 0. The first kappa shape index (κ1) is 35.5. The van der Waals surface area contributed by atoms with E-state index in [1.807, 2.05) is 72.8 Å². The van der Waals surface area contributed by atoms with Crippen molar-refractivity contribution in [2.24, 2.45) is 5.92 Å². The van der Waals surface area contributed by atoms with Gasteiger partial charge in [-0.1, -0.05) is 154 Å². The Morgan fingerprint density at radius 1 is 0.551 bits per heavy atom. The fourth-order valence-corrected chi connectivity index (χ4v) is 7.40. The highest BCUT2D eigenvalue weighted by Gasteiger charge is 2.76. The first-order valence-electron chi connectivity index (χ1n) is 18.0. The van der Waals surface area contributed by atoms with Gasteiger partial charge in [-0.25, -0.2) is 0 Å². The van der Waals surface area contributed by atoms with Crippen LogP contribution in [0.3, 0.4) is 0 Å². The van der Waals surface area contributed by atoms with Crippen molar-refractivity contribution in [2.75, 3.05) is 13.7 Å². The van der Waals surface area contributed by atoms with Gasteiger partial charge >= 0.3 is 0 Å². The number of methoxy groups -OCH3 is 1. The topological polar surface area (TPSA) is 55.4 Å². The lowest BCUT2D eigenvalue weighted by Gasteiger charge is -2.47. The average molecular weight is 665 g/mol. The Bertz CT molecular complexity index is 1490. The Labute approximate surface area is 292 Å². The molecule has 4 aromatic rings. The molecule has 1 spiro atoms. The second-order valence-corrected chi connectivity index (χ2v) is 13.4. The minimum atomic E-state index is -0.690. The summed E-state index contributed by atoms with van der Waals surface area (Å²) in [6, 6.07) is 41.2. The largest absolute Gasteiger partial charge is 0.378 e. The molecule has 1 unspecified atom stereocenters. The van der Waals surface area contributed by atoms with Crippen LogP contribution in [0.1, 0.15) is 61.3 Å². The molecule has 260 valence electrons. The van der Waals surface area contributed by atoms with Crippen molar-refractivity contribution < 1.29 is 28.4 Å². The third-order valence-electron chi connectivity index (χ3n) is 9.93. The molecule has 0 aromatic heterocycles. The van der Waals surface area contributed by atoms with Crippen LogP contribution in [0.4, 0.5) is 0 Å². The number of benzene rings is 4. The van der Waals surface area contributed by atoms with E-state index in [-0.39, 0.29) is 12.0 Å². The van der Waals surface area contributed by atoms with Crippen LogP contribution < -0.4 is 0 Å². The van der Waals surface area contributed by atoms with E-state index < -0.39 is 30.0 Å². The number of unbranched alkanes of at least 4 members (excludes halogenated alkanes) is 3. The van der Waals surface area contributed by atoms with Gasteiger partial charge in [-0.2, -0.15) is 0 Å². The van der Waals surface area contributed by atoms with Gasteiger partial charge in [-0.15, -0.1) is 0 Å². The first-order valence-corrected chi connectivity index (χ1v) is 18.0. The van der Waals surface area contributed by atoms with Crippen molar-refractivity contribution in [3.05, 3.63) is 144 Å². The van der Waals surface area contributed by atoms with Crippen molar-refractivity contribution in [1.29, 1.82) is 0 Å². The standard InChI is InChI=1S/C43H52O6/c1-3-4-5-18-27-37-41(44-2)43(37)42(48-31-36-25-16-9-17-26-36)40(47-30-35-23-14-8-15-24-35)39(46-29-34-21-12-7-13-22-34)38(49-43)32-45-28-33-19-10-6-11-20-33/h6-17,19-26,37-42H,3-5,18,27-32H2,1-2H3/t37-,38+,39+,40-,41+,42+,43?/m0/s1. The summed E-state index contributed by atoms with van der Waals surface area (Å²) in [4.78, 5) is 0. The van der Waals surface area contributed by atoms with Gasteiger partial charge in [0.25, 0.3) is 0 Å². The van der Waals surface area contributed by atoms with Crippen LogP contribution in [0.15, 0.2) is 121 Å². The molecule has 6 heteroatoms. The normalized spacial score (nSPS) is 26.2. The van der Waals surface area contributed by atoms with Crippen molar-refractivity contribution >= 4 is 0 Å². The SMILES string of the molecule is CCCCCC[C@H]1[C@@H](OC)C12O[C@H](COCc1ccccc1)[C@@H](OCc1ccccc1)[C@H](OCc1ccccc1)[C@H]2OCc1ccccc1. The van der Waals surface area contributed by atoms with Gasteiger partial charge in [0.1, 0.15) is 30.0 Å². The molecule has 0 bridgehead atoms. The maximum Gasteiger partial charge on any atom is 0.129 e. The Morgan fingerprint density at radius 3 is 1.55 bits per heavy atom. The number of hydrogen-bond acceptors (Lipinski definition) is 6. The van der Waals surface area contributed by atoms with Crippen molar-refractivity contribution in [1.82, 2.24) is 0 Å². The van der Waals surface area contributed by atoms with Crippen LogP contribution in [-0.4, -0.2) is 49.8 Å². The molecular formula is C43H52O6. The van der Waals surface area contributed by atoms with Crippen molar-refractivity contribution in [3.8, 4) is 0 Å². The molecule has 2 aliphatic rings. The molecule has 0 amide bonds. The predicted octanol–water partition coefficient (Wildman–Crippen LogP) is 8.71. The molecule has 0 N–H and O–H groups in total. The molecule has 1 aliphatic carbocycles. The molecule has 1 saturated heterocycles. The Kier molecular flexibility index (Phi) is 13.1. The molecule has 4 aromatic carbocycles. The van der Waals surface area contributed by atoms with Crippen LogP contribution >= 0.6 is 0 Å². The Balaban J connectivity index is 1.34. The lowest BCUT2D eigenvalue weighted by Crippen LogP contribution is -2.64. The third-order valence-corrected chi connectivity index (χ3v) is 9.93.